The van der Waals surface area contributed by atoms with Crippen LogP contribution in [0.5, 0.6) is 0 Å². The molecule has 4 nitrogen and oxygen atoms in total. The number of hydrogen-bond acceptors (Lipinski definition) is 5. The molecule has 0 radical (unpaired) electrons. The zero-order chi connectivity index (χ0) is 15.4. The maximum atomic E-state index is 12.5. The highest BCUT2D eigenvalue weighted by atomic mass is 32.1. The molecule has 2 aromatic rings. The standard InChI is InChI=1S/C17H18N2O2S2/c20-16-19(14-7-15(23-9-14)12-3-6-22-8-12)11-17(21-16)10-18-4-1-13(17)2-5-18/h3,6-9,13H,1-2,4-5,10-11H2/t17-/m0/s1. The van der Waals surface area contributed by atoms with E-state index in [-0.39, 0.29) is 11.7 Å². The Kier molecular flexibility index (Phi) is 3.08. The van der Waals surface area contributed by atoms with Crippen molar-refractivity contribution in [2.24, 2.45) is 5.92 Å². The number of hydrogen-bond donors (Lipinski definition) is 0. The Morgan fingerprint density at radius 3 is 2.78 bits per heavy atom. The van der Waals surface area contributed by atoms with Crippen LogP contribution in [0.4, 0.5) is 10.5 Å². The van der Waals surface area contributed by atoms with Crippen molar-refractivity contribution < 1.29 is 9.53 Å². The Hall–Kier alpha value is -1.37. The van der Waals surface area contributed by atoms with Crippen molar-refractivity contribution in [1.29, 1.82) is 0 Å². The van der Waals surface area contributed by atoms with Crippen LogP contribution >= 0.6 is 22.7 Å². The normalized spacial score (nSPS) is 32.7. The van der Waals surface area contributed by atoms with Gasteiger partial charge in [0.1, 0.15) is 5.60 Å². The molecule has 0 aromatic carbocycles. The van der Waals surface area contributed by atoms with E-state index in [0.29, 0.717) is 12.5 Å². The number of anilines is 1. The lowest BCUT2D eigenvalue weighted by molar-refractivity contribution is -0.0881. The van der Waals surface area contributed by atoms with Crippen LogP contribution in [0, 0.1) is 5.92 Å². The Bertz CT molecular complexity index is 734. The third-order valence-electron chi connectivity index (χ3n) is 5.46. The number of piperidine rings is 3. The van der Waals surface area contributed by atoms with Gasteiger partial charge in [-0.25, -0.2) is 4.79 Å². The van der Waals surface area contributed by atoms with Gasteiger partial charge in [-0.15, -0.1) is 11.3 Å². The Morgan fingerprint density at radius 2 is 2.09 bits per heavy atom. The summed E-state index contributed by atoms with van der Waals surface area (Å²) in [5.74, 6) is 0.524. The molecular formula is C17H18N2O2S2. The van der Waals surface area contributed by atoms with E-state index in [4.69, 9.17) is 4.74 Å². The van der Waals surface area contributed by atoms with Gasteiger partial charge in [-0.1, -0.05) is 0 Å². The Labute approximate surface area is 143 Å². The van der Waals surface area contributed by atoms with Crippen LogP contribution in [0.3, 0.4) is 0 Å². The first-order chi connectivity index (χ1) is 11.2. The molecule has 6 rings (SSSR count). The number of nitrogens with zero attached hydrogens (tertiary/aromatic N) is 2. The molecule has 1 amide bonds. The summed E-state index contributed by atoms with van der Waals surface area (Å²) >= 11 is 3.39. The molecule has 4 aliphatic rings. The van der Waals surface area contributed by atoms with Gasteiger partial charge in [0, 0.05) is 28.3 Å². The molecule has 0 saturated carbocycles. The molecule has 6 heteroatoms. The molecule has 0 N–H and O–H groups in total. The molecule has 2 bridgehead atoms. The SMILES string of the molecule is O=C1O[C@@]2(CN3CCC2CC3)CN1c1csc(-c2ccsc2)c1. The van der Waals surface area contributed by atoms with Crippen molar-refractivity contribution in [1.82, 2.24) is 4.90 Å². The molecule has 0 unspecified atom stereocenters. The smallest absolute Gasteiger partial charge is 0.415 e. The summed E-state index contributed by atoms with van der Waals surface area (Å²) in [7, 11) is 0. The van der Waals surface area contributed by atoms with E-state index in [1.807, 2.05) is 4.90 Å². The van der Waals surface area contributed by atoms with Crippen LogP contribution < -0.4 is 4.90 Å². The summed E-state index contributed by atoms with van der Waals surface area (Å²) in [6.07, 6.45) is 2.14. The number of rotatable bonds is 2. The number of amides is 1. The minimum atomic E-state index is -0.280. The zero-order valence-corrected chi connectivity index (χ0v) is 14.4. The van der Waals surface area contributed by atoms with Crippen LogP contribution in [0.15, 0.2) is 28.3 Å². The van der Waals surface area contributed by atoms with Crippen molar-refractivity contribution in [3.8, 4) is 10.4 Å². The maximum absolute atomic E-state index is 12.5. The highest BCUT2D eigenvalue weighted by Crippen LogP contribution is 2.44. The highest BCUT2D eigenvalue weighted by Gasteiger charge is 2.55. The monoisotopic (exact) mass is 346 g/mol. The van der Waals surface area contributed by atoms with Crippen LogP contribution in [-0.2, 0) is 4.74 Å². The molecule has 1 atom stereocenters. The molecular weight excluding hydrogens is 328 g/mol. The van der Waals surface area contributed by atoms with E-state index in [9.17, 15) is 4.79 Å². The molecule has 120 valence electrons. The summed E-state index contributed by atoms with van der Waals surface area (Å²) in [6.45, 7) is 3.92. The second kappa shape index (κ2) is 5.06. The van der Waals surface area contributed by atoms with Gasteiger partial charge in [0.2, 0.25) is 0 Å². The quantitative estimate of drug-likeness (QED) is 0.827. The molecule has 4 fully saturated rings. The fourth-order valence-corrected chi connectivity index (χ4v) is 5.86. The van der Waals surface area contributed by atoms with Crippen molar-refractivity contribution in [2.45, 2.75) is 18.4 Å². The molecule has 4 aliphatic heterocycles. The number of fused-ring (bicyclic) bond motifs is 2. The lowest BCUT2D eigenvalue weighted by Gasteiger charge is -2.49. The Balaban J connectivity index is 1.43. The van der Waals surface area contributed by atoms with Gasteiger partial charge in [0.05, 0.1) is 12.2 Å². The lowest BCUT2D eigenvalue weighted by atomic mass is 9.75. The van der Waals surface area contributed by atoms with Gasteiger partial charge in [0.15, 0.2) is 0 Å². The largest absolute Gasteiger partial charge is 0.439 e. The zero-order valence-electron chi connectivity index (χ0n) is 12.7. The first-order valence-corrected chi connectivity index (χ1v) is 9.90. The molecule has 1 spiro atoms. The van der Waals surface area contributed by atoms with Gasteiger partial charge in [0.25, 0.3) is 0 Å². The summed E-state index contributed by atoms with van der Waals surface area (Å²) in [5.41, 5.74) is 1.93. The van der Waals surface area contributed by atoms with Gasteiger partial charge in [-0.05, 0) is 48.8 Å². The van der Waals surface area contributed by atoms with Crippen molar-refractivity contribution in [3.05, 3.63) is 28.3 Å². The van der Waals surface area contributed by atoms with Gasteiger partial charge in [-0.2, -0.15) is 11.3 Å². The first-order valence-electron chi connectivity index (χ1n) is 8.07. The van der Waals surface area contributed by atoms with Crippen molar-refractivity contribution in [3.63, 3.8) is 0 Å². The third kappa shape index (κ3) is 2.16. The second-order valence-corrected chi connectivity index (χ2v) is 8.44. The average molecular weight is 346 g/mol. The van der Waals surface area contributed by atoms with E-state index in [0.717, 1.165) is 38.2 Å². The average Bonchev–Trinajstić information content (AvgIpc) is 3.28. The number of ether oxygens (including phenoxy) is 1. The summed E-state index contributed by atoms with van der Waals surface area (Å²) in [5, 5.41) is 6.31. The van der Waals surface area contributed by atoms with E-state index < -0.39 is 0 Å². The number of carbonyl (C=O) groups excluding carboxylic acids is 1. The van der Waals surface area contributed by atoms with Crippen LogP contribution in [0.1, 0.15) is 12.8 Å². The first kappa shape index (κ1) is 14.0. The van der Waals surface area contributed by atoms with Crippen LogP contribution in [0.25, 0.3) is 10.4 Å². The summed E-state index contributed by atoms with van der Waals surface area (Å²) in [6, 6.07) is 4.24. The minimum Gasteiger partial charge on any atom is -0.439 e. The predicted octanol–water partition coefficient (Wildman–Crippen LogP) is 3.90. The number of thiophene rings is 2. The minimum absolute atomic E-state index is 0.173. The van der Waals surface area contributed by atoms with E-state index >= 15 is 0 Å². The maximum Gasteiger partial charge on any atom is 0.415 e. The number of carbonyl (C=O) groups is 1. The molecule has 4 saturated heterocycles. The lowest BCUT2D eigenvalue weighted by Crippen LogP contribution is -2.61. The fourth-order valence-electron chi connectivity index (χ4n) is 4.23. The molecule has 0 aliphatic carbocycles. The fraction of sp³-hybridized carbons (Fsp3) is 0.471. The molecule has 23 heavy (non-hydrogen) atoms. The van der Waals surface area contributed by atoms with Gasteiger partial charge < -0.3 is 4.74 Å². The second-order valence-electron chi connectivity index (χ2n) is 6.75. The predicted molar refractivity (Wildman–Crippen MR) is 93.4 cm³/mol. The van der Waals surface area contributed by atoms with E-state index in [1.165, 1.54) is 10.4 Å². The Morgan fingerprint density at radius 1 is 1.22 bits per heavy atom. The molecule has 2 aromatic heterocycles. The van der Waals surface area contributed by atoms with Crippen molar-refractivity contribution >= 4 is 34.5 Å². The van der Waals surface area contributed by atoms with Crippen LogP contribution in [0.2, 0.25) is 0 Å². The topological polar surface area (TPSA) is 32.8 Å². The van der Waals surface area contributed by atoms with E-state index in [2.05, 4.69) is 33.2 Å². The van der Waals surface area contributed by atoms with Gasteiger partial charge in [-0.3, -0.25) is 9.80 Å². The van der Waals surface area contributed by atoms with E-state index in [1.54, 1.807) is 22.7 Å². The van der Waals surface area contributed by atoms with Crippen molar-refractivity contribution in [2.75, 3.05) is 31.1 Å². The summed E-state index contributed by atoms with van der Waals surface area (Å²) < 4.78 is 5.94. The van der Waals surface area contributed by atoms with Crippen LogP contribution in [-0.4, -0.2) is 42.8 Å². The summed E-state index contributed by atoms with van der Waals surface area (Å²) in [4.78, 5) is 18.0. The third-order valence-corrected chi connectivity index (χ3v) is 7.11. The molecule has 6 heterocycles. The van der Waals surface area contributed by atoms with Gasteiger partial charge >= 0.3 is 6.09 Å². The highest BCUT2D eigenvalue weighted by molar-refractivity contribution is 7.14.